The number of nitrogens with zero attached hydrogens (tertiary/aromatic N) is 2. The molecule has 170 valence electrons. The summed E-state index contributed by atoms with van der Waals surface area (Å²) in [7, 11) is 3.91. The average Bonchev–Trinajstić information content (AvgIpc) is 3.02. The van der Waals surface area contributed by atoms with E-state index in [0.717, 1.165) is 24.1 Å². The summed E-state index contributed by atoms with van der Waals surface area (Å²) < 4.78 is 5.66. The van der Waals surface area contributed by atoms with E-state index in [2.05, 4.69) is 0 Å². The maximum absolute atomic E-state index is 13.0. The lowest BCUT2D eigenvalue weighted by Gasteiger charge is -2.25. The molecule has 6 heteroatoms. The van der Waals surface area contributed by atoms with Crippen LogP contribution in [0.4, 0.5) is 5.69 Å². The molecule has 1 atom stereocenters. The molecule has 0 bridgehead atoms. The summed E-state index contributed by atoms with van der Waals surface area (Å²) in [6.07, 6.45) is 1.70. The number of anilines is 1. The number of ether oxygens (including phenoxy) is 1. The number of likely N-dealkylation sites (tertiary alicyclic amines) is 1. The van der Waals surface area contributed by atoms with Crippen molar-refractivity contribution in [1.29, 1.82) is 0 Å². The number of benzene rings is 2. The highest BCUT2D eigenvalue weighted by atomic mass is 16.5. The Hall–Kier alpha value is -3.28. The maximum atomic E-state index is 13.0. The number of aliphatic hydroxyl groups excluding tert-OH is 1. The van der Waals surface area contributed by atoms with Gasteiger partial charge in [-0.25, -0.2) is 0 Å². The number of Topliss-reactive ketones (excluding diaryl/α,β-unsaturated/α-hetero) is 1. The molecule has 1 fully saturated rings. The predicted octanol–water partition coefficient (Wildman–Crippen LogP) is 4.76. The number of hydrogen-bond donors (Lipinski definition) is 1. The topological polar surface area (TPSA) is 70.1 Å². The van der Waals surface area contributed by atoms with Crippen LogP contribution in [0.3, 0.4) is 0 Å². The van der Waals surface area contributed by atoms with Crippen LogP contribution < -0.4 is 9.64 Å². The summed E-state index contributed by atoms with van der Waals surface area (Å²) in [5.74, 6) is -0.708. The molecule has 1 N–H and O–H groups in total. The van der Waals surface area contributed by atoms with Crippen molar-refractivity contribution < 1.29 is 19.4 Å². The van der Waals surface area contributed by atoms with Gasteiger partial charge in [-0.3, -0.25) is 9.59 Å². The Balaban J connectivity index is 2.07. The third kappa shape index (κ3) is 4.79. The molecule has 0 aromatic heterocycles. The van der Waals surface area contributed by atoms with Gasteiger partial charge in [0.15, 0.2) is 0 Å². The molecule has 2 aromatic rings. The van der Waals surface area contributed by atoms with Gasteiger partial charge in [0, 0.05) is 31.9 Å². The maximum Gasteiger partial charge on any atom is 0.295 e. The normalized spacial score (nSPS) is 17.8. The third-order valence-electron chi connectivity index (χ3n) is 5.52. The highest BCUT2D eigenvalue weighted by molar-refractivity contribution is 6.46. The fourth-order valence-electron chi connectivity index (χ4n) is 3.86. The highest BCUT2D eigenvalue weighted by Crippen LogP contribution is 2.40. The lowest BCUT2D eigenvalue weighted by molar-refractivity contribution is -0.139. The van der Waals surface area contributed by atoms with Crippen LogP contribution in [0.1, 0.15) is 50.8 Å². The van der Waals surface area contributed by atoms with Crippen molar-refractivity contribution in [2.24, 2.45) is 0 Å². The average molecular weight is 437 g/mol. The number of hydrogen-bond acceptors (Lipinski definition) is 5. The van der Waals surface area contributed by atoms with Gasteiger partial charge in [0.1, 0.15) is 11.5 Å². The number of unbranched alkanes of at least 4 members (excludes halogenated alkanes) is 1. The zero-order chi connectivity index (χ0) is 23.4. The Morgan fingerprint density at radius 3 is 2.22 bits per heavy atom. The third-order valence-corrected chi connectivity index (χ3v) is 5.52. The number of carbonyl (C=O) groups is 2. The van der Waals surface area contributed by atoms with Gasteiger partial charge in [-0.2, -0.15) is 0 Å². The number of aliphatic hydroxyl groups is 1. The molecule has 0 spiro atoms. The highest BCUT2D eigenvalue weighted by Gasteiger charge is 2.45. The lowest BCUT2D eigenvalue weighted by atomic mass is 9.95. The Kier molecular flexibility index (Phi) is 7.23. The van der Waals surface area contributed by atoms with E-state index in [-0.39, 0.29) is 17.4 Å². The molecule has 1 heterocycles. The molecule has 2 aromatic carbocycles. The molecular weight excluding hydrogens is 404 g/mol. The molecule has 0 radical (unpaired) electrons. The standard InChI is InChI=1S/C26H32N2O4/c1-6-7-16-28-23(18-8-12-20(13-9-18)27(4)5)22(25(30)26(28)31)24(29)19-10-14-21(15-11-19)32-17(2)3/h8-15,17,23,29H,6-7,16H2,1-5H3/b24-22-. The Morgan fingerprint density at radius 1 is 1.06 bits per heavy atom. The van der Waals surface area contributed by atoms with Crippen molar-refractivity contribution in [3.8, 4) is 5.75 Å². The molecule has 0 saturated carbocycles. The first-order chi connectivity index (χ1) is 15.2. The molecule has 1 aliphatic rings. The Labute approximate surface area is 190 Å². The summed E-state index contributed by atoms with van der Waals surface area (Å²) in [6, 6.07) is 14.0. The van der Waals surface area contributed by atoms with E-state index in [1.807, 2.05) is 64.0 Å². The molecule has 1 aliphatic heterocycles. The predicted molar refractivity (Wildman–Crippen MR) is 127 cm³/mol. The van der Waals surface area contributed by atoms with E-state index in [9.17, 15) is 14.7 Å². The second-order valence-electron chi connectivity index (χ2n) is 8.52. The van der Waals surface area contributed by atoms with E-state index < -0.39 is 17.7 Å². The summed E-state index contributed by atoms with van der Waals surface area (Å²) in [6.45, 7) is 6.37. The van der Waals surface area contributed by atoms with Crippen LogP contribution in [0.2, 0.25) is 0 Å². The molecule has 6 nitrogen and oxygen atoms in total. The minimum atomic E-state index is -0.650. The van der Waals surface area contributed by atoms with Crippen LogP contribution in [-0.2, 0) is 9.59 Å². The molecule has 1 saturated heterocycles. The SMILES string of the molecule is CCCCN1C(=O)C(=O)/C(=C(\O)c2ccc(OC(C)C)cc2)C1c1ccc(N(C)C)cc1. The van der Waals surface area contributed by atoms with E-state index in [1.54, 1.807) is 29.2 Å². The number of rotatable bonds is 8. The first-order valence-corrected chi connectivity index (χ1v) is 11.1. The van der Waals surface area contributed by atoms with Crippen molar-refractivity contribution in [3.05, 3.63) is 65.2 Å². The van der Waals surface area contributed by atoms with E-state index in [0.29, 0.717) is 17.9 Å². The van der Waals surface area contributed by atoms with Gasteiger partial charge in [-0.15, -0.1) is 0 Å². The minimum absolute atomic E-state index is 0.0310. The van der Waals surface area contributed by atoms with Crippen LogP contribution in [0.15, 0.2) is 54.1 Å². The van der Waals surface area contributed by atoms with E-state index in [1.165, 1.54) is 0 Å². The first-order valence-electron chi connectivity index (χ1n) is 11.1. The number of ketones is 1. The second-order valence-corrected chi connectivity index (χ2v) is 8.52. The largest absolute Gasteiger partial charge is 0.507 e. The van der Waals surface area contributed by atoms with Gasteiger partial charge in [0.05, 0.1) is 17.7 Å². The minimum Gasteiger partial charge on any atom is -0.507 e. The molecule has 32 heavy (non-hydrogen) atoms. The monoisotopic (exact) mass is 436 g/mol. The van der Waals surface area contributed by atoms with E-state index in [4.69, 9.17) is 4.74 Å². The van der Waals surface area contributed by atoms with Crippen LogP contribution in [-0.4, -0.2) is 48.4 Å². The van der Waals surface area contributed by atoms with Crippen LogP contribution in [0.25, 0.3) is 5.76 Å². The van der Waals surface area contributed by atoms with Crippen molar-refractivity contribution in [3.63, 3.8) is 0 Å². The van der Waals surface area contributed by atoms with Gasteiger partial charge in [-0.1, -0.05) is 25.5 Å². The quantitative estimate of drug-likeness (QED) is 0.367. The van der Waals surface area contributed by atoms with Gasteiger partial charge < -0.3 is 19.6 Å². The lowest BCUT2D eigenvalue weighted by Crippen LogP contribution is -2.30. The fourth-order valence-corrected chi connectivity index (χ4v) is 3.86. The smallest absolute Gasteiger partial charge is 0.295 e. The molecule has 0 aliphatic carbocycles. The molecule has 1 unspecified atom stereocenters. The zero-order valence-electron chi connectivity index (χ0n) is 19.5. The van der Waals surface area contributed by atoms with Crippen molar-refractivity contribution in [1.82, 2.24) is 4.90 Å². The van der Waals surface area contributed by atoms with Gasteiger partial charge in [0.2, 0.25) is 0 Å². The summed E-state index contributed by atoms with van der Waals surface area (Å²) in [4.78, 5) is 29.5. The van der Waals surface area contributed by atoms with Crippen LogP contribution >= 0.6 is 0 Å². The molecular formula is C26H32N2O4. The Morgan fingerprint density at radius 2 is 1.69 bits per heavy atom. The summed E-state index contributed by atoms with van der Waals surface area (Å²) >= 11 is 0. The van der Waals surface area contributed by atoms with Gasteiger partial charge in [-0.05, 0) is 62.2 Å². The van der Waals surface area contributed by atoms with Crippen molar-refractivity contribution >= 4 is 23.1 Å². The van der Waals surface area contributed by atoms with E-state index >= 15 is 0 Å². The number of amides is 1. The summed E-state index contributed by atoms with van der Waals surface area (Å²) in [5.41, 5.74) is 2.41. The van der Waals surface area contributed by atoms with Gasteiger partial charge >= 0.3 is 0 Å². The Bertz CT molecular complexity index is 991. The van der Waals surface area contributed by atoms with Crippen LogP contribution in [0.5, 0.6) is 5.75 Å². The summed E-state index contributed by atoms with van der Waals surface area (Å²) in [5, 5.41) is 11.1. The molecule has 1 amide bonds. The van der Waals surface area contributed by atoms with Crippen molar-refractivity contribution in [2.45, 2.75) is 45.8 Å². The van der Waals surface area contributed by atoms with Crippen molar-refractivity contribution in [2.75, 3.05) is 25.5 Å². The van der Waals surface area contributed by atoms with Gasteiger partial charge in [0.25, 0.3) is 11.7 Å². The second kappa shape index (κ2) is 9.90. The fraction of sp³-hybridized carbons (Fsp3) is 0.385. The zero-order valence-corrected chi connectivity index (χ0v) is 19.5. The first kappa shape index (κ1) is 23.4. The van der Waals surface area contributed by atoms with Crippen LogP contribution in [0, 0.1) is 0 Å². The molecule has 3 rings (SSSR count). The number of carbonyl (C=O) groups excluding carboxylic acids is 2.